The predicted molar refractivity (Wildman–Crippen MR) is 81.2 cm³/mol. The maximum atomic E-state index is 11.9. The first-order valence-corrected chi connectivity index (χ1v) is 7.70. The van der Waals surface area contributed by atoms with Crippen LogP contribution in [0.15, 0.2) is 42.5 Å². The fourth-order valence-electron chi connectivity index (χ4n) is 2.41. The molecule has 3 N–H and O–H groups in total. The van der Waals surface area contributed by atoms with Crippen LogP contribution in [0.1, 0.15) is 12.5 Å². The summed E-state index contributed by atoms with van der Waals surface area (Å²) in [4.78, 5) is 0. The molecule has 0 saturated carbocycles. The summed E-state index contributed by atoms with van der Waals surface area (Å²) in [5.74, 6) is 0. The van der Waals surface area contributed by atoms with E-state index >= 15 is 0 Å². The van der Waals surface area contributed by atoms with E-state index in [-0.39, 0.29) is 6.61 Å². The molecule has 0 aliphatic rings. The Morgan fingerprint density at radius 1 is 1.33 bits per heavy atom. The lowest BCUT2D eigenvalue weighted by atomic mass is 9.92. The van der Waals surface area contributed by atoms with Crippen molar-refractivity contribution in [1.29, 1.82) is 0 Å². The SMILES string of the molecule is CCOC[C@@](c1cccc2ccccc12)([C@@H](N)O)S(=O)[O-]. The molecule has 0 spiro atoms. The maximum absolute atomic E-state index is 11.9. The zero-order chi connectivity index (χ0) is 15.5. The van der Waals surface area contributed by atoms with Gasteiger partial charge in [-0.1, -0.05) is 42.5 Å². The predicted octanol–water partition coefficient (Wildman–Crippen LogP) is 1.23. The second kappa shape index (κ2) is 6.64. The quantitative estimate of drug-likeness (QED) is 0.618. The second-order valence-corrected chi connectivity index (χ2v) is 5.93. The summed E-state index contributed by atoms with van der Waals surface area (Å²) in [5.41, 5.74) is 6.06. The zero-order valence-corrected chi connectivity index (χ0v) is 12.5. The van der Waals surface area contributed by atoms with Crippen molar-refractivity contribution < 1.29 is 18.6 Å². The van der Waals surface area contributed by atoms with E-state index in [9.17, 15) is 13.9 Å². The molecule has 3 atom stereocenters. The van der Waals surface area contributed by atoms with Crippen LogP contribution in [-0.4, -0.2) is 33.3 Å². The van der Waals surface area contributed by atoms with Crippen LogP contribution in [0.4, 0.5) is 0 Å². The van der Waals surface area contributed by atoms with Gasteiger partial charge < -0.3 is 20.1 Å². The lowest BCUT2D eigenvalue weighted by molar-refractivity contribution is 0.0484. The number of nitrogens with two attached hydrogens (primary N) is 1. The number of hydrogen-bond acceptors (Lipinski definition) is 5. The zero-order valence-electron chi connectivity index (χ0n) is 11.7. The third-order valence-electron chi connectivity index (χ3n) is 3.54. The van der Waals surface area contributed by atoms with E-state index in [1.807, 2.05) is 24.3 Å². The van der Waals surface area contributed by atoms with Gasteiger partial charge in [0.05, 0.1) is 6.61 Å². The molecule has 0 aromatic heterocycles. The number of ether oxygens (including phenoxy) is 1. The molecule has 0 aliphatic heterocycles. The van der Waals surface area contributed by atoms with E-state index < -0.39 is 22.1 Å². The first-order chi connectivity index (χ1) is 10.0. The molecule has 2 aromatic carbocycles. The highest BCUT2D eigenvalue weighted by Gasteiger charge is 2.41. The molecule has 2 aromatic rings. The van der Waals surface area contributed by atoms with Crippen LogP contribution in [0, 0.1) is 0 Å². The Labute approximate surface area is 126 Å². The maximum Gasteiger partial charge on any atom is 0.125 e. The molecular weight excluding hydrogens is 290 g/mol. The molecule has 2 rings (SSSR count). The van der Waals surface area contributed by atoms with E-state index in [0.717, 1.165) is 10.8 Å². The molecule has 0 aliphatic carbocycles. The van der Waals surface area contributed by atoms with E-state index in [1.165, 1.54) is 0 Å². The molecular formula is C15H18NO4S-. The Morgan fingerprint density at radius 2 is 2.00 bits per heavy atom. The first kappa shape index (κ1) is 16.1. The summed E-state index contributed by atoms with van der Waals surface area (Å²) in [5, 5.41) is 11.6. The number of hydrogen-bond donors (Lipinski definition) is 2. The van der Waals surface area contributed by atoms with Crippen molar-refractivity contribution in [2.45, 2.75) is 17.9 Å². The minimum Gasteiger partial charge on any atom is -0.771 e. The van der Waals surface area contributed by atoms with Gasteiger partial charge in [-0.2, -0.15) is 0 Å². The Morgan fingerprint density at radius 3 is 2.62 bits per heavy atom. The molecule has 0 amide bonds. The molecule has 6 heteroatoms. The Bertz CT molecular complexity index is 641. The minimum absolute atomic E-state index is 0.203. The van der Waals surface area contributed by atoms with Crippen molar-refractivity contribution in [1.82, 2.24) is 0 Å². The van der Waals surface area contributed by atoms with Crippen molar-refractivity contribution >= 4 is 21.9 Å². The fourth-order valence-corrected chi connectivity index (χ4v) is 3.14. The van der Waals surface area contributed by atoms with Gasteiger partial charge in [0.1, 0.15) is 11.0 Å². The summed E-state index contributed by atoms with van der Waals surface area (Å²) in [7, 11) is 0. The topological polar surface area (TPSA) is 95.6 Å². The summed E-state index contributed by atoms with van der Waals surface area (Å²) < 4.78 is 27.4. The van der Waals surface area contributed by atoms with Crippen molar-refractivity contribution in [3.63, 3.8) is 0 Å². The average molecular weight is 308 g/mol. The summed E-state index contributed by atoms with van der Waals surface area (Å²) in [6.45, 7) is 1.88. The highest BCUT2D eigenvalue weighted by Crippen LogP contribution is 2.35. The molecule has 0 bridgehead atoms. The smallest absolute Gasteiger partial charge is 0.125 e. The van der Waals surface area contributed by atoms with Gasteiger partial charge in [-0.15, -0.1) is 0 Å². The van der Waals surface area contributed by atoms with Gasteiger partial charge >= 0.3 is 0 Å². The number of benzene rings is 2. The van der Waals surface area contributed by atoms with Crippen LogP contribution >= 0.6 is 0 Å². The summed E-state index contributed by atoms with van der Waals surface area (Å²) in [6, 6.07) is 12.6. The third kappa shape index (κ3) is 2.86. The van der Waals surface area contributed by atoms with E-state index in [1.54, 1.807) is 25.1 Å². The van der Waals surface area contributed by atoms with E-state index in [2.05, 4.69) is 0 Å². The van der Waals surface area contributed by atoms with Crippen molar-refractivity contribution in [2.24, 2.45) is 5.73 Å². The van der Waals surface area contributed by atoms with E-state index in [0.29, 0.717) is 12.2 Å². The minimum atomic E-state index is -2.65. The molecule has 0 fully saturated rings. The van der Waals surface area contributed by atoms with Crippen LogP contribution in [0.2, 0.25) is 0 Å². The van der Waals surface area contributed by atoms with Crippen molar-refractivity contribution in [2.75, 3.05) is 13.2 Å². The molecule has 1 unspecified atom stereocenters. The molecule has 114 valence electrons. The second-order valence-electron chi connectivity index (χ2n) is 4.73. The first-order valence-electron chi connectivity index (χ1n) is 6.63. The highest BCUT2D eigenvalue weighted by molar-refractivity contribution is 7.80. The fraction of sp³-hybridized carbons (Fsp3) is 0.333. The molecule has 0 saturated heterocycles. The lowest BCUT2D eigenvalue weighted by Crippen LogP contribution is -2.52. The normalized spacial score (nSPS) is 17.3. The van der Waals surface area contributed by atoms with Gasteiger partial charge in [0.15, 0.2) is 0 Å². The van der Waals surface area contributed by atoms with Crippen LogP contribution in [0.5, 0.6) is 0 Å². The van der Waals surface area contributed by atoms with Crippen LogP contribution in [0.3, 0.4) is 0 Å². The van der Waals surface area contributed by atoms with Crippen LogP contribution in [-0.2, 0) is 20.6 Å². The Kier molecular flexibility index (Phi) is 5.08. The molecule has 0 radical (unpaired) electrons. The number of aliphatic hydroxyl groups excluding tert-OH is 1. The summed E-state index contributed by atoms with van der Waals surface area (Å²) in [6.07, 6.45) is -1.59. The van der Waals surface area contributed by atoms with Crippen molar-refractivity contribution in [3.8, 4) is 0 Å². The van der Waals surface area contributed by atoms with Gasteiger partial charge in [-0.05, 0) is 34.3 Å². The standard InChI is InChI=1S/C15H19NO4S/c1-2-20-10-15(14(16)17,21(18)19)13-9-5-7-11-6-3-4-8-12(11)13/h3-9,14,17H,2,10,16H2,1H3,(H,18,19)/p-1/t14-,15+/m0/s1. The largest absolute Gasteiger partial charge is 0.771 e. The van der Waals surface area contributed by atoms with Crippen LogP contribution < -0.4 is 5.73 Å². The van der Waals surface area contributed by atoms with Crippen LogP contribution in [0.25, 0.3) is 10.8 Å². The lowest BCUT2D eigenvalue weighted by Gasteiger charge is -2.38. The number of aliphatic hydroxyl groups is 1. The third-order valence-corrected chi connectivity index (χ3v) is 4.72. The average Bonchev–Trinajstić information content (AvgIpc) is 2.47. The molecule has 21 heavy (non-hydrogen) atoms. The Hall–Kier alpha value is -1.31. The monoisotopic (exact) mass is 308 g/mol. The molecule has 5 nitrogen and oxygen atoms in total. The van der Waals surface area contributed by atoms with Crippen molar-refractivity contribution in [3.05, 3.63) is 48.0 Å². The Balaban J connectivity index is 2.71. The molecule has 0 heterocycles. The van der Waals surface area contributed by atoms with E-state index in [4.69, 9.17) is 10.5 Å². The van der Waals surface area contributed by atoms with Gasteiger partial charge in [-0.25, -0.2) is 0 Å². The van der Waals surface area contributed by atoms with Gasteiger partial charge in [0, 0.05) is 6.61 Å². The van der Waals surface area contributed by atoms with Gasteiger partial charge in [-0.3, -0.25) is 4.21 Å². The number of rotatable bonds is 6. The summed E-state index contributed by atoms with van der Waals surface area (Å²) >= 11 is -2.65. The van der Waals surface area contributed by atoms with Gasteiger partial charge in [0.25, 0.3) is 0 Å². The highest BCUT2D eigenvalue weighted by atomic mass is 32.2. The number of fused-ring (bicyclic) bond motifs is 1. The van der Waals surface area contributed by atoms with Gasteiger partial charge in [0.2, 0.25) is 0 Å².